The summed E-state index contributed by atoms with van der Waals surface area (Å²) in [6, 6.07) is 5.46. The first-order chi connectivity index (χ1) is 6.65. The molecule has 0 fully saturated rings. The summed E-state index contributed by atoms with van der Waals surface area (Å²) in [6.07, 6.45) is 0.234. The highest BCUT2D eigenvalue weighted by Gasteiger charge is 2.08. The van der Waals surface area contributed by atoms with Gasteiger partial charge in [0, 0.05) is 18.2 Å². The molecular formula is C9H11FN2O2. The summed E-state index contributed by atoms with van der Waals surface area (Å²) in [5.74, 6) is 0. The fraction of sp³-hybridized carbons (Fsp3) is 0.333. The summed E-state index contributed by atoms with van der Waals surface area (Å²) in [6.45, 7) is -0.488. The Hall–Kier alpha value is -1.49. The van der Waals surface area contributed by atoms with Crippen LogP contribution in [0.25, 0.3) is 0 Å². The smallest absolute Gasteiger partial charge is 0.269 e. The molecule has 5 heteroatoms. The fourth-order valence-electron chi connectivity index (χ4n) is 1.13. The Morgan fingerprint density at radius 3 is 2.43 bits per heavy atom. The van der Waals surface area contributed by atoms with Crippen LogP contribution in [-0.4, -0.2) is 11.6 Å². The van der Waals surface area contributed by atoms with Crippen LogP contribution < -0.4 is 5.73 Å². The second-order valence-electron chi connectivity index (χ2n) is 2.93. The highest BCUT2D eigenvalue weighted by atomic mass is 19.1. The molecule has 0 spiro atoms. The Morgan fingerprint density at radius 1 is 1.43 bits per heavy atom. The van der Waals surface area contributed by atoms with Crippen molar-refractivity contribution in [2.75, 3.05) is 6.67 Å². The van der Waals surface area contributed by atoms with E-state index in [4.69, 9.17) is 5.73 Å². The highest BCUT2D eigenvalue weighted by molar-refractivity contribution is 5.34. The predicted molar refractivity (Wildman–Crippen MR) is 50.6 cm³/mol. The van der Waals surface area contributed by atoms with Crippen molar-refractivity contribution in [1.82, 2.24) is 0 Å². The summed E-state index contributed by atoms with van der Waals surface area (Å²) in [5.41, 5.74) is 6.35. The van der Waals surface area contributed by atoms with Gasteiger partial charge in [-0.1, -0.05) is 12.1 Å². The Balaban J connectivity index is 2.77. The molecule has 0 saturated carbocycles. The minimum Gasteiger partial charge on any atom is -0.324 e. The van der Waals surface area contributed by atoms with E-state index in [9.17, 15) is 14.5 Å². The fourth-order valence-corrected chi connectivity index (χ4v) is 1.13. The van der Waals surface area contributed by atoms with Crippen molar-refractivity contribution >= 4 is 5.69 Å². The third-order valence-corrected chi connectivity index (χ3v) is 1.95. The molecule has 0 heterocycles. The Labute approximate surface area is 80.7 Å². The lowest BCUT2D eigenvalue weighted by atomic mass is 10.1. The molecular weight excluding hydrogens is 187 g/mol. The molecule has 0 aliphatic carbocycles. The molecule has 76 valence electrons. The molecule has 4 nitrogen and oxygen atoms in total. The first kappa shape index (κ1) is 10.6. The number of halogens is 1. The number of benzene rings is 1. The van der Waals surface area contributed by atoms with Crippen LogP contribution in [0.3, 0.4) is 0 Å². The van der Waals surface area contributed by atoms with E-state index in [1.54, 1.807) is 12.1 Å². The number of nitrogens with two attached hydrogens (primary N) is 1. The normalized spacial score (nSPS) is 12.4. The zero-order chi connectivity index (χ0) is 10.6. The molecule has 1 aromatic rings. The Bertz CT molecular complexity index is 313. The zero-order valence-electron chi connectivity index (χ0n) is 7.52. The topological polar surface area (TPSA) is 69.2 Å². The van der Waals surface area contributed by atoms with Gasteiger partial charge in [0.15, 0.2) is 0 Å². The average molecular weight is 198 g/mol. The van der Waals surface area contributed by atoms with E-state index in [-0.39, 0.29) is 18.2 Å². The van der Waals surface area contributed by atoms with Crippen LogP contribution in [0, 0.1) is 10.1 Å². The summed E-state index contributed by atoms with van der Waals surface area (Å²) >= 11 is 0. The van der Waals surface area contributed by atoms with Gasteiger partial charge in [-0.15, -0.1) is 0 Å². The van der Waals surface area contributed by atoms with Crippen LogP contribution >= 0.6 is 0 Å². The van der Waals surface area contributed by atoms with E-state index >= 15 is 0 Å². The minimum absolute atomic E-state index is 0.0150. The van der Waals surface area contributed by atoms with Crippen LogP contribution in [-0.2, 0) is 0 Å². The number of hydrogen-bond donors (Lipinski definition) is 1. The van der Waals surface area contributed by atoms with Crippen LogP contribution in [0.1, 0.15) is 18.0 Å². The van der Waals surface area contributed by atoms with Crippen molar-refractivity contribution in [3.63, 3.8) is 0 Å². The molecule has 0 bridgehead atoms. The van der Waals surface area contributed by atoms with Crippen molar-refractivity contribution in [2.45, 2.75) is 12.5 Å². The van der Waals surface area contributed by atoms with Gasteiger partial charge in [0.2, 0.25) is 0 Å². The van der Waals surface area contributed by atoms with Gasteiger partial charge in [-0.05, 0) is 12.0 Å². The van der Waals surface area contributed by atoms with E-state index in [0.717, 1.165) is 0 Å². The van der Waals surface area contributed by atoms with Gasteiger partial charge in [0.05, 0.1) is 11.6 Å². The molecule has 1 aromatic carbocycles. The van der Waals surface area contributed by atoms with Crippen LogP contribution in [0.15, 0.2) is 24.3 Å². The summed E-state index contributed by atoms with van der Waals surface area (Å²) < 4.78 is 11.9. The number of hydrogen-bond acceptors (Lipinski definition) is 3. The first-order valence-electron chi connectivity index (χ1n) is 4.21. The average Bonchev–Trinajstić information content (AvgIpc) is 2.18. The number of nitro benzene ring substituents is 1. The second kappa shape index (κ2) is 4.66. The largest absolute Gasteiger partial charge is 0.324 e. The lowest BCUT2D eigenvalue weighted by Gasteiger charge is -2.08. The predicted octanol–water partition coefficient (Wildman–Crippen LogP) is 1.95. The minimum atomic E-state index is -0.488. The Morgan fingerprint density at radius 2 is 2.00 bits per heavy atom. The molecule has 0 aromatic heterocycles. The summed E-state index contributed by atoms with van der Waals surface area (Å²) in [7, 11) is 0. The highest BCUT2D eigenvalue weighted by Crippen LogP contribution is 2.18. The standard InChI is InChI=1S/C9H11FN2O2/c10-6-5-9(11)7-1-3-8(4-2-7)12(13)14/h1-4,9H,5-6,11H2/t9-/m1/s1. The maximum atomic E-state index is 11.9. The molecule has 1 rings (SSSR count). The molecule has 0 radical (unpaired) electrons. The second-order valence-corrected chi connectivity index (χ2v) is 2.93. The first-order valence-corrected chi connectivity index (χ1v) is 4.21. The molecule has 2 N–H and O–H groups in total. The molecule has 0 aliphatic rings. The molecule has 0 unspecified atom stereocenters. The maximum Gasteiger partial charge on any atom is 0.269 e. The van der Waals surface area contributed by atoms with E-state index in [1.807, 2.05) is 0 Å². The SMILES string of the molecule is N[C@H](CCF)c1ccc([N+](=O)[O-])cc1. The lowest BCUT2D eigenvalue weighted by molar-refractivity contribution is -0.384. The zero-order valence-corrected chi connectivity index (χ0v) is 7.52. The monoisotopic (exact) mass is 198 g/mol. The van der Waals surface area contributed by atoms with Crippen molar-refractivity contribution < 1.29 is 9.31 Å². The third kappa shape index (κ3) is 2.50. The van der Waals surface area contributed by atoms with Crippen molar-refractivity contribution in [1.29, 1.82) is 0 Å². The number of non-ortho nitro benzene ring substituents is 1. The molecule has 14 heavy (non-hydrogen) atoms. The van der Waals surface area contributed by atoms with E-state index in [2.05, 4.69) is 0 Å². The van der Waals surface area contributed by atoms with E-state index in [1.165, 1.54) is 12.1 Å². The molecule has 0 aliphatic heterocycles. The van der Waals surface area contributed by atoms with Gasteiger partial charge in [-0.2, -0.15) is 0 Å². The van der Waals surface area contributed by atoms with Crippen molar-refractivity contribution in [3.8, 4) is 0 Å². The van der Waals surface area contributed by atoms with Crippen molar-refractivity contribution in [2.24, 2.45) is 5.73 Å². The third-order valence-electron chi connectivity index (χ3n) is 1.95. The van der Waals surface area contributed by atoms with Gasteiger partial charge in [-0.25, -0.2) is 0 Å². The quantitative estimate of drug-likeness (QED) is 0.593. The van der Waals surface area contributed by atoms with Gasteiger partial charge >= 0.3 is 0 Å². The van der Waals surface area contributed by atoms with Crippen LogP contribution in [0.5, 0.6) is 0 Å². The summed E-state index contributed by atoms with van der Waals surface area (Å²) in [4.78, 5) is 9.84. The number of alkyl halides is 1. The van der Waals surface area contributed by atoms with Crippen LogP contribution in [0.4, 0.5) is 10.1 Å². The number of rotatable bonds is 4. The van der Waals surface area contributed by atoms with Gasteiger partial charge < -0.3 is 5.73 Å². The van der Waals surface area contributed by atoms with Crippen LogP contribution in [0.2, 0.25) is 0 Å². The van der Waals surface area contributed by atoms with E-state index < -0.39 is 11.6 Å². The molecule has 1 atom stereocenters. The molecule has 0 amide bonds. The van der Waals surface area contributed by atoms with Gasteiger partial charge in [-0.3, -0.25) is 14.5 Å². The lowest BCUT2D eigenvalue weighted by Crippen LogP contribution is -2.10. The van der Waals surface area contributed by atoms with Gasteiger partial charge in [0.25, 0.3) is 5.69 Å². The maximum absolute atomic E-state index is 11.9. The summed E-state index contributed by atoms with van der Waals surface area (Å²) in [5, 5.41) is 10.3. The van der Waals surface area contributed by atoms with Crippen molar-refractivity contribution in [3.05, 3.63) is 39.9 Å². The number of nitrogens with zero attached hydrogens (tertiary/aromatic N) is 1. The number of nitro groups is 1. The Kier molecular flexibility index (Phi) is 3.53. The van der Waals surface area contributed by atoms with E-state index in [0.29, 0.717) is 5.56 Å². The van der Waals surface area contributed by atoms with Gasteiger partial charge in [0.1, 0.15) is 0 Å². The molecule has 0 saturated heterocycles.